The molecule has 3 N–H and O–H groups in total. The van der Waals surface area contributed by atoms with Crippen LogP contribution in [0.25, 0.3) is 0 Å². The van der Waals surface area contributed by atoms with Crippen molar-refractivity contribution in [3.8, 4) is 5.75 Å². The number of halogens is 1. The summed E-state index contributed by atoms with van der Waals surface area (Å²) in [6.07, 6.45) is 0.144. The Morgan fingerprint density at radius 1 is 1.44 bits per heavy atom. The Labute approximate surface area is 103 Å². The lowest BCUT2D eigenvalue weighted by Gasteiger charge is -2.15. The number of amides is 1. The zero-order valence-corrected chi connectivity index (χ0v) is 9.81. The number of carboxylic acid groups (broad SMARTS) is 1. The summed E-state index contributed by atoms with van der Waals surface area (Å²) in [6.45, 7) is 1.70. The zero-order chi connectivity index (χ0) is 13.7. The van der Waals surface area contributed by atoms with E-state index in [1.807, 2.05) is 0 Å². The Morgan fingerprint density at radius 3 is 2.61 bits per heavy atom. The maximum absolute atomic E-state index is 13.4. The molecule has 0 saturated heterocycles. The summed E-state index contributed by atoms with van der Waals surface area (Å²) in [5.74, 6) is -3.20. The highest BCUT2D eigenvalue weighted by Gasteiger charge is 2.20. The number of hydrogen-bond acceptors (Lipinski definition) is 3. The van der Waals surface area contributed by atoms with Gasteiger partial charge in [0, 0.05) is 6.04 Å². The van der Waals surface area contributed by atoms with Crippen LogP contribution in [0.4, 0.5) is 4.39 Å². The predicted molar refractivity (Wildman–Crippen MR) is 61.9 cm³/mol. The van der Waals surface area contributed by atoms with Gasteiger partial charge < -0.3 is 15.5 Å². The van der Waals surface area contributed by atoms with Gasteiger partial charge in [-0.3, -0.25) is 9.59 Å². The number of benzene rings is 1. The summed E-state index contributed by atoms with van der Waals surface area (Å²) in [7, 11) is 0. The molecule has 0 heterocycles. The third-order valence-corrected chi connectivity index (χ3v) is 2.47. The van der Waals surface area contributed by atoms with E-state index in [0.717, 1.165) is 6.07 Å². The summed E-state index contributed by atoms with van der Waals surface area (Å²) in [5, 5.41) is 20.4. The van der Waals surface area contributed by atoms with Crippen LogP contribution in [0, 0.1) is 5.82 Å². The zero-order valence-electron chi connectivity index (χ0n) is 9.81. The maximum Gasteiger partial charge on any atom is 0.305 e. The largest absolute Gasteiger partial charge is 0.507 e. The van der Waals surface area contributed by atoms with Gasteiger partial charge in [-0.1, -0.05) is 13.0 Å². The van der Waals surface area contributed by atoms with E-state index in [0.29, 0.717) is 6.42 Å². The Bertz CT molecular complexity index is 441. The van der Waals surface area contributed by atoms with Gasteiger partial charge in [0.15, 0.2) is 0 Å². The first-order chi connectivity index (χ1) is 8.45. The minimum atomic E-state index is -1.06. The van der Waals surface area contributed by atoms with E-state index in [2.05, 4.69) is 5.32 Å². The topological polar surface area (TPSA) is 86.6 Å². The van der Waals surface area contributed by atoms with Gasteiger partial charge in [-0.15, -0.1) is 0 Å². The number of hydrogen-bond donors (Lipinski definition) is 3. The monoisotopic (exact) mass is 255 g/mol. The lowest BCUT2D eigenvalue weighted by atomic mass is 10.1. The molecule has 1 unspecified atom stereocenters. The number of carboxylic acids is 1. The molecule has 5 nitrogen and oxygen atoms in total. The first kappa shape index (κ1) is 14.0. The van der Waals surface area contributed by atoms with Crippen molar-refractivity contribution in [3.05, 3.63) is 29.6 Å². The molecule has 1 rings (SSSR count). The third kappa shape index (κ3) is 3.44. The molecular formula is C12H14FNO4. The van der Waals surface area contributed by atoms with Crippen molar-refractivity contribution in [2.24, 2.45) is 0 Å². The number of phenolic OH excluding ortho intramolecular Hbond substituents is 1. The van der Waals surface area contributed by atoms with E-state index in [1.54, 1.807) is 6.92 Å². The Hall–Kier alpha value is -2.11. The van der Waals surface area contributed by atoms with E-state index in [1.165, 1.54) is 12.1 Å². The number of aliphatic carboxylic acids is 1. The molecule has 0 aliphatic rings. The summed E-state index contributed by atoms with van der Waals surface area (Å²) in [6, 6.07) is 2.91. The van der Waals surface area contributed by atoms with Crippen LogP contribution >= 0.6 is 0 Å². The molecule has 0 aliphatic heterocycles. The van der Waals surface area contributed by atoms with Crippen LogP contribution in [0.3, 0.4) is 0 Å². The second-order valence-electron chi connectivity index (χ2n) is 3.81. The molecule has 0 aromatic heterocycles. The second kappa shape index (κ2) is 6.00. The van der Waals surface area contributed by atoms with Gasteiger partial charge in [-0.25, -0.2) is 4.39 Å². The summed E-state index contributed by atoms with van der Waals surface area (Å²) in [5.41, 5.74) is -0.471. The number of phenols is 1. The minimum Gasteiger partial charge on any atom is -0.507 e. The molecule has 0 fully saturated rings. The van der Waals surface area contributed by atoms with Crippen molar-refractivity contribution in [1.29, 1.82) is 0 Å². The Kier molecular flexibility index (Phi) is 4.65. The molecule has 0 saturated carbocycles. The van der Waals surface area contributed by atoms with Crippen LogP contribution in [0.5, 0.6) is 5.75 Å². The molecule has 1 aromatic rings. The summed E-state index contributed by atoms with van der Waals surface area (Å²) in [4.78, 5) is 22.3. The number of carbonyl (C=O) groups is 2. The lowest BCUT2D eigenvalue weighted by Crippen LogP contribution is -2.36. The Morgan fingerprint density at radius 2 is 2.11 bits per heavy atom. The fraction of sp³-hybridized carbons (Fsp3) is 0.333. The molecule has 0 aliphatic carbocycles. The van der Waals surface area contributed by atoms with Gasteiger partial charge in [0.05, 0.1) is 6.42 Å². The minimum absolute atomic E-state index is 0.253. The first-order valence-electron chi connectivity index (χ1n) is 5.45. The van der Waals surface area contributed by atoms with Crippen LogP contribution < -0.4 is 5.32 Å². The lowest BCUT2D eigenvalue weighted by molar-refractivity contribution is -0.137. The van der Waals surface area contributed by atoms with Gasteiger partial charge in [0.1, 0.15) is 17.1 Å². The molecule has 0 spiro atoms. The predicted octanol–water partition coefficient (Wildman–Crippen LogP) is 1.51. The van der Waals surface area contributed by atoms with Gasteiger partial charge in [0.2, 0.25) is 0 Å². The molecule has 98 valence electrons. The van der Waals surface area contributed by atoms with Crippen molar-refractivity contribution in [2.45, 2.75) is 25.8 Å². The van der Waals surface area contributed by atoms with E-state index in [4.69, 9.17) is 5.11 Å². The van der Waals surface area contributed by atoms with E-state index >= 15 is 0 Å². The molecule has 0 radical (unpaired) electrons. The molecule has 6 heteroatoms. The molecule has 1 amide bonds. The normalized spacial score (nSPS) is 11.9. The smallest absolute Gasteiger partial charge is 0.305 e. The average Bonchev–Trinajstić information content (AvgIpc) is 2.27. The molecule has 1 atom stereocenters. The van der Waals surface area contributed by atoms with Crippen LogP contribution in [0.1, 0.15) is 30.1 Å². The maximum atomic E-state index is 13.4. The van der Waals surface area contributed by atoms with Gasteiger partial charge in [-0.2, -0.15) is 0 Å². The van der Waals surface area contributed by atoms with Gasteiger partial charge >= 0.3 is 5.97 Å². The molecular weight excluding hydrogens is 241 g/mol. The quantitative estimate of drug-likeness (QED) is 0.744. The number of nitrogens with one attached hydrogen (secondary N) is 1. The molecule has 1 aromatic carbocycles. The number of carbonyl (C=O) groups excluding carboxylic acids is 1. The molecule has 18 heavy (non-hydrogen) atoms. The van der Waals surface area contributed by atoms with Crippen molar-refractivity contribution in [3.63, 3.8) is 0 Å². The van der Waals surface area contributed by atoms with Crippen LogP contribution in [-0.2, 0) is 4.79 Å². The highest BCUT2D eigenvalue weighted by Crippen LogP contribution is 2.19. The van der Waals surface area contributed by atoms with Crippen LogP contribution in [0.2, 0.25) is 0 Å². The number of rotatable bonds is 5. The van der Waals surface area contributed by atoms with Crippen molar-refractivity contribution in [2.75, 3.05) is 0 Å². The first-order valence-corrected chi connectivity index (χ1v) is 5.45. The van der Waals surface area contributed by atoms with Crippen LogP contribution in [-0.4, -0.2) is 28.1 Å². The van der Waals surface area contributed by atoms with E-state index < -0.39 is 35.0 Å². The van der Waals surface area contributed by atoms with Crippen LogP contribution in [0.15, 0.2) is 18.2 Å². The fourth-order valence-electron chi connectivity index (χ4n) is 1.50. The van der Waals surface area contributed by atoms with E-state index in [-0.39, 0.29) is 6.42 Å². The van der Waals surface area contributed by atoms with E-state index in [9.17, 15) is 19.1 Å². The molecule has 0 bridgehead atoms. The highest BCUT2D eigenvalue weighted by molar-refractivity contribution is 5.97. The van der Waals surface area contributed by atoms with Gasteiger partial charge in [0.25, 0.3) is 5.91 Å². The van der Waals surface area contributed by atoms with Crippen molar-refractivity contribution < 1.29 is 24.2 Å². The van der Waals surface area contributed by atoms with Crippen molar-refractivity contribution in [1.82, 2.24) is 5.32 Å². The average molecular weight is 255 g/mol. The van der Waals surface area contributed by atoms with Gasteiger partial charge in [-0.05, 0) is 18.6 Å². The Balaban J connectivity index is 2.84. The SMILES string of the molecule is CCC(CC(=O)O)NC(=O)c1c(O)cccc1F. The highest BCUT2D eigenvalue weighted by atomic mass is 19.1. The third-order valence-electron chi connectivity index (χ3n) is 2.47. The second-order valence-corrected chi connectivity index (χ2v) is 3.81. The standard InChI is InChI=1S/C12H14FNO4/c1-2-7(6-10(16)17)14-12(18)11-8(13)4-3-5-9(11)15/h3-5,7,15H,2,6H2,1H3,(H,14,18)(H,16,17). The summed E-state index contributed by atoms with van der Waals surface area (Å²) >= 11 is 0. The summed E-state index contributed by atoms with van der Waals surface area (Å²) < 4.78 is 13.4. The van der Waals surface area contributed by atoms with Crippen molar-refractivity contribution >= 4 is 11.9 Å². The fourth-order valence-corrected chi connectivity index (χ4v) is 1.50. The number of aromatic hydroxyl groups is 1.